The molecule has 20 heavy (non-hydrogen) atoms. The summed E-state index contributed by atoms with van der Waals surface area (Å²) in [6.07, 6.45) is 6.73. The van der Waals surface area contributed by atoms with Gasteiger partial charge in [0.1, 0.15) is 6.04 Å². The fourth-order valence-corrected chi connectivity index (χ4v) is 1.70. The topological polar surface area (TPSA) is 101 Å². The summed E-state index contributed by atoms with van der Waals surface area (Å²) in [4.78, 5) is 10.9. The number of unbranched alkanes of at least 4 members (excludes halogenated alkanes) is 4. The van der Waals surface area contributed by atoms with E-state index in [4.69, 9.17) is 16.6 Å². The van der Waals surface area contributed by atoms with Gasteiger partial charge in [0.15, 0.2) is 0 Å². The molecule has 1 atom stereocenters. The summed E-state index contributed by atoms with van der Waals surface area (Å²) < 4.78 is 0. The molecule has 0 aliphatic carbocycles. The number of aliphatic carboxylic acids is 1. The van der Waals surface area contributed by atoms with Gasteiger partial charge in [-0.05, 0) is 45.3 Å². The SMILES string of the molecule is Cl.Cl.Cl.NCCCCCCN[C@@H](CCCCN)C(=O)O. The van der Waals surface area contributed by atoms with Gasteiger partial charge in [0.05, 0.1) is 0 Å². The zero-order valence-electron chi connectivity index (χ0n) is 11.9. The standard InChI is InChI=1S/C12H27N3O2.3ClH/c13-8-4-1-2-6-10-15-11(12(16)17)7-3-5-9-14;;;/h11,15H,1-10,13-14H2,(H,16,17);3*1H/t11-;;;/m0.../s1. The Labute approximate surface area is 140 Å². The molecule has 0 amide bonds. The quantitative estimate of drug-likeness (QED) is 0.401. The van der Waals surface area contributed by atoms with Crippen molar-refractivity contribution in [2.24, 2.45) is 11.5 Å². The largest absolute Gasteiger partial charge is 0.480 e. The normalized spacial score (nSPS) is 10.7. The fraction of sp³-hybridized carbons (Fsp3) is 0.917. The Hall–Kier alpha value is 0.220. The highest BCUT2D eigenvalue weighted by molar-refractivity contribution is 5.86. The van der Waals surface area contributed by atoms with E-state index in [1.165, 1.54) is 0 Å². The van der Waals surface area contributed by atoms with Crippen LogP contribution in [0.3, 0.4) is 0 Å². The number of rotatable bonds is 12. The number of halogens is 3. The zero-order valence-corrected chi connectivity index (χ0v) is 14.3. The zero-order chi connectivity index (χ0) is 12.9. The van der Waals surface area contributed by atoms with Crippen LogP contribution >= 0.6 is 37.2 Å². The van der Waals surface area contributed by atoms with Crippen molar-refractivity contribution in [3.05, 3.63) is 0 Å². The molecule has 126 valence electrons. The lowest BCUT2D eigenvalue weighted by Gasteiger charge is -2.13. The van der Waals surface area contributed by atoms with E-state index in [1.54, 1.807) is 0 Å². The van der Waals surface area contributed by atoms with Gasteiger partial charge in [0.2, 0.25) is 0 Å². The third-order valence-electron chi connectivity index (χ3n) is 2.77. The predicted molar refractivity (Wildman–Crippen MR) is 91.6 cm³/mol. The maximum atomic E-state index is 10.9. The maximum absolute atomic E-state index is 10.9. The minimum Gasteiger partial charge on any atom is -0.480 e. The maximum Gasteiger partial charge on any atom is 0.320 e. The smallest absolute Gasteiger partial charge is 0.320 e. The van der Waals surface area contributed by atoms with Crippen LogP contribution in [0.15, 0.2) is 0 Å². The third-order valence-corrected chi connectivity index (χ3v) is 2.77. The highest BCUT2D eigenvalue weighted by Crippen LogP contribution is 2.02. The summed E-state index contributed by atoms with van der Waals surface area (Å²) in [5.74, 6) is -0.760. The molecule has 0 aromatic heterocycles. The lowest BCUT2D eigenvalue weighted by atomic mass is 10.1. The van der Waals surface area contributed by atoms with Gasteiger partial charge in [0.25, 0.3) is 0 Å². The molecule has 0 radical (unpaired) electrons. The van der Waals surface area contributed by atoms with E-state index in [-0.39, 0.29) is 37.2 Å². The van der Waals surface area contributed by atoms with Crippen molar-refractivity contribution in [2.45, 2.75) is 51.0 Å². The first kappa shape index (κ1) is 28.4. The van der Waals surface area contributed by atoms with Gasteiger partial charge in [-0.2, -0.15) is 0 Å². The van der Waals surface area contributed by atoms with Crippen LogP contribution in [0, 0.1) is 0 Å². The summed E-state index contributed by atoms with van der Waals surface area (Å²) in [6.45, 7) is 2.14. The molecule has 0 saturated carbocycles. The Bertz CT molecular complexity index is 201. The Balaban J connectivity index is -0.000000427. The molecule has 6 N–H and O–H groups in total. The number of hydrogen-bond donors (Lipinski definition) is 4. The Morgan fingerprint density at radius 3 is 1.90 bits per heavy atom. The van der Waals surface area contributed by atoms with Gasteiger partial charge in [-0.3, -0.25) is 4.79 Å². The molecule has 0 fully saturated rings. The Morgan fingerprint density at radius 1 is 0.900 bits per heavy atom. The number of nitrogens with two attached hydrogens (primary N) is 2. The molecule has 0 bridgehead atoms. The minimum absolute atomic E-state index is 0. The van der Waals surface area contributed by atoms with Crippen LogP contribution in [0.4, 0.5) is 0 Å². The first-order valence-electron chi connectivity index (χ1n) is 6.58. The van der Waals surface area contributed by atoms with Crippen LogP contribution in [0.2, 0.25) is 0 Å². The van der Waals surface area contributed by atoms with Gasteiger partial charge in [-0.25, -0.2) is 0 Å². The summed E-state index contributed by atoms with van der Waals surface area (Å²) in [6, 6.07) is -0.420. The first-order valence-corrected chi connectivity index (χ1v) is 6.58. The van der Waals surface area contributed by atoms with Crippen LogP contribution in [0.5, 0.6) is 0 Å². The molecule has 0 aromatic carbocycles. The van der Waals surface area contributed by atoms with Crippen molar-refractivity contribution in [1.82, 2.24) is 5.32 Å². The predicted octanol–water partition coefficient (Wildman–Crippen LogP) is 1.94. The average Bonchev–Trinajstić information content (AvgIpc) is 2.31. The highest BCUT2D eigenvalue weighted by atomic mass is 35.5. The molecular weight excluding hydrogens is 325 g/mol. The van der Waals surface area contributed by atoms with Crippen molar-refractivity contribution in [3.63, 3.8) is 0 Å². The van der Waals surface area contributed by atoms with E-state index in [9.17, 15) is 4.79 Å². The third kappa shape index (κ3) is 18.2. The van der Waals surface area contributed by atoms with Gasteiger partial charge in [-0.1, -0.05) is 19.3 Å². The molecule has 0 aliphatic heterocycles. The monoisotopic (exact) mass is 353 g/mol. The van der Waals surface area contributed by atoms with Crippen LogP contribution in [0.25, 0.3) is 0 Å². The van der Waals surface area contributed by atoms with E-state index in [2.05, 4.69) is 5.32 Å². The molecule has 0 unspecified atom stereocenters. The van der Waals surface area contributed by atoms with Gasteiger partial charge < -0.3 is 21.9 Å². The Kier molecular flexibility index (Phi) is 30.5. The van der Waals surface area contributed by atoms with Gasteiger partial charge in [0, 0.05) is 0 Å². The second-order valence-corrected chi connectivity index (χ2v) is 4.33. The number of carbonyl (C=O) groups is 1. The van der Waals surface area contributed by atoms with Gasteiger partial charge >= 0.3 is 5.97 Å². The van der Waals surface area contributed by atoms with Crippen molar-refractivity contribution >= 4 is 43.2 Å². The number of hydrogen-bond acceptors (Lipinski definition) is 4. The van der Waals surface area contributed by atoms with E-state index < -0.39 is 12.0 Å². The number of nitrogens with one attached hydrogen (secondary N) is 1. The van der Waals surface area contributed by atoms with Crippen LogP contribution in [0.1, 0.15) is 44.9 Å². The minimum atomic E-state index is -0.760. The Morgan fingerprint density at radius 2 is 1.40 bits per heavy atom. The molecular formula is C12H30Cl3N3O2. The summed E-state index contributed by atoms with van der Waals surface area (Å²) in [5, 5.41) is 12.1. The second kappa shape index (κ2) is 21.5. The van der Waals surface area contributed by atoms with E-state index >= 15 is 0 Å². The van der Waals surface area contributed by atoms with Crippen molar-refractivity contribution in [3.8, 4) is 0 Å². The molecule has 8 heteroatoms. The van der Waals surface area contributed by atoms with Crippen molar-refractivity contribution < 1.29 is 9.90 Å². The van der Waals surface area contributed by atoms with E-state index in [1.807, 2.05) is 0 Å². The van der Waals surface area contributed by atoms with Crippen molar-refractivity contribution in [1.29, 1.82) is 0 Å². The fourth-order valence-electron chi connectivity index (χ4n) is 1.70. The molecule has 0 aliphatic rings. The molecule has 0 saturated heterocycles. The molecule has 0 spiro atoms. The highest BCUT2D eigenvalue weighted by Gasteiger charge is 2.15. The lowest BCUT2D eigenvalue weighted by Crippen LogP contribution is -2.37. The number of carboxylic acids is 1. The average molecular weight is 355 g/mol. The molecule has 0 aromatic rings. The summed E-state index contributed by atoms with van der Waals surface area (Å²) in [5.41, 5.74) is 10.8. The lowest BCUT2D eigenvalue weighted by molar-refractivity contribution is -0.139. The first-order chi connectivity index (χ1) is 8.22. The van der Waals surface area contributed by atoms with Crippen LogP contribution in [-0.4, -0.2) is 36.8 Å². The van der Waals surface area contributed by atoms with Gasteiger partial charge in [-0.15, -0.1) is 37.2 Å². The molecule has 5 nitrogen and oxygen atoms in total. The second-order valence-electron chi connectivity index (χ2n) is 4.33. The van der Waals surface area contributed by atoms with Crippen LogP contribution in [-0.2, 0) is 4.79 Å². The summed E-state index contributed by atoms with van der Waals surface area (Å²) >= 11 is 0. The number of carboxylic acid groups (broad SMARTS) is 1. The van der Waals surface area contributed by atoms with E-state index in [0.717, 1.165) is 51.6 Å². The van der Waals surface area contributed by atoms with Crippen LogP contribution < -0.4 is 16.8 Å². The van der Waals surface area contributed by atoms with Crippen molar-refractivity contribution in [2.75, 3.05) is 19.6 Å². The molecule has 0 rings (SSSR count). The molecule has 0 heterocycles. The van der Waals surface area contributed by atoms with E-state index in [0.29, 0.717) is 13.0 Å². The summed E-state index contributed by atoms with van der Waals surface area (Å²) in [7, 11) is 0.